The molecule has 84 valence electrons. The standard InChI is InChI=1S/C13H22OSi/c1-10(2)12-8-7-11(3)9-13(12)14-15(4,5)6/h7-10H,1-6H3. The van der Waals surface area contributed by atoms with Crippen LogP contribution in [0.15, 0.2) is 18.2 Å². The van der Waals surface area contributed by atoms with Gasteiger partial charge in [0.2, 0.25) is 8.32 Å². The normalized spacial score (nSPS) is 11.9. The number of hydrogen-bond acceptors (Lipinski definition) is 1. The summed E-state index contributed by atoms with van der Waals surface area (Å²) in [5, 5.41) is 0. The Hall–Kier alpha value is -0.763. The maximum absolute atomic E-state index is 6.11. The average molecular weight is 222 g/mol. The molecule has 0 aliphatic rings. The first-order chi connectivity index (χ1) is 6.79. The van der Waals surface area contributed by atoms with Crippen molar-refractivity contribution in [1.82, 2.24) is 0 Å². The summed E-state index contributed by atoms with van der Waals surface area (Å²) in [4.78, 5) is 0. The smallest absolute Gasteiger partial charge is 0.242 e. The molecule has 0 N–H and O–H groups in total. The zero-order chi connectivity index (χ0) is 11.6. The van der Waals surface area contributed by atoms with Gasteiger partial charge in [0.05, 0.1) is 0 Å². The Morgan fingerprint density at radius 2 is 1.73 bits per heavy atom. The summed E-state index contributed by atoms with van der Waals surface area (Å²) in [7, 11) is -1.50. The molecule has 0 spiro atoms. The minimum Gasteiger partial charge on any atom is -0.544 e. The molecule has 0 aromatic heterocycles. The van der Waals surface area contributed by atoms with Gasteiger partial charge in [-0.05, 0) is 49.7 Å². The van der Waals surface area contributed by atoms with Gasteiger partial charge in [0.1, 0.15) is 5.75 Å². The zero-order valence-corrected chi connectivity index (χ0v) is 11.7. The Morgan fingerprint density at radius 1 is 1.13 bits per heavy atom. The molecule has 15 heavy (non-hydrogen) atoms. The lowest BCUT2D eigenvalue weighted by atomic mass is 10.0. The molecular weight excluding hydrogens is 200 g/mol. The van der Waals surface area contributed by atoms with Crippen LogP contribution >= 0.6 is 0 Å². The molecule has 1 aromatic rings. The van der Waals surface area contributed by atoms with Crippen LogP contribution < -0.4 is 4.43 Å². The van der Waals surface area contributed by atoms with Crippen molar-refractivity contribution < 1.29 is 4.43 Å². The average Bonchev–Trinajstić information content (AvgIpc) is 1.99. The molecule has 1 aromatic carbocycles. The minimum absolute atomic E-state index is 0.525. The number of aryl methyl sites for hydroxylation is 1. The van der Waals surface area contributed by atoms with E-state index < -0.39 is 8.32 Å². The lowest BCUT2D eigenvalue weighted by Crippen LogP contribution is -2.29. The summed E-state index contributed by atoms with van der Waals surface area (Å²) in [6, 6.07) is 6.51. The van der Waals surface area contributed by atoms with Crippen LogP contribution in [0.2, 0.25) is 19.6 Å². The first kappa shape index (κ1) is 12.3. The molecule has 0 fully saturated rings. The molecule has 0 aliphatic carbocycles. The third kappa shape index (κ3) is 3.71. The van der Waals surface area contributed by atoms with Crippen LogP contribution in [0, 0.1) is 6.92 Å². The van der Waals surface area contributed by atoms with Crippen molar-refractivity contribution in [1.29, 1.82) is 0 Å². The Kier molecular flexibility index (Phi) is 3.61. The molecule has 0 atom stereocenters. The maximum Gasteiger partial charge on any atom is 0.242 e. The van der Waals surface area contributed by atoms with Gasteiger partial charge < -0.3 is 4.43 Å². The second-order valence-corrected chi connectivity index (χ2v) is 9.84. The first-order valence-electron chi connectivity index (χ1n) is 5.59. The van der Waals surface area contributed by atoms with E-state index in [4.69, 9.17) is 4.43 Å². The SMILES string of the molecule is Cc1ccc(C(C)C)c(O[Si](C)(C)C)c1. The Balaban J connectivity index is 3.08. The highest BCUT2D eigenvalue weighted by Crippen LogP contribution is 2.29. The van der Waals surface area contributed by atoms with Gasteiger partial charge in [-0.1, -0.05) is 26.0 Å². The van der Waals surface area contributed by atoms with E-state index >= 15 is 0 Å². The van der Waals surface area contributed by atoms with Crippen LogP contribution in [0.4, 0.5) is 0 Å². The second kappa shape index (κ2) is 4.39. The van der Waals surface area contributed by atoms with Crippen molar-refractivity contribution in [3.8, 4) is 5.75 Å². The van der Waals surface area contributed by atoms with Crippen molar-refractivity contribution >= 4 is 8.32 Å². The van der Waals surface area contributed by atoms with Gasteiger partial charge in [0, 0.05) is 0 Å². The molecular formula is C13H22OSi. The molecule has 0 amide bonds. The van der Waals surface area contributed by atoms with Crippen LogP contribution in [0.5, 0.6) is 5.75 Å². The monoisotopic (exact) mass is 222 g/mol. The predicted molar refractivity (Wildman–Crippen MR) is 69.2 cm³/mol. The third-order valence-electron chi connectivity index (χ3n) is 2.21. The van der Waals surface area contributed by atoms with E-state index in [0.29, 0.717) is 5.92 Å². The lowest BCUT2D eigenvalue weighted by molar-refractivity contribution is 0.544. The molecule has 0 heterocycles. The van der Waals surface area contributed by atoms with Crippen molar-refractivity contribution in [3.05, 3.63) is 29.3 Å². The van der Waals surface area contributed by atoms with Gasteiger partial charge >= 0.3 is 0 Å². The topological polar surface area (TPSA) is 9.23 Å². The van der Waals surface area contributed by atoms with Crippen molar-refractivity contribution in [2.75, 3.05) is 0 Å². The van der Waals surface area contributed by atoms with E-state index in [0.717, 1.165) is 5.75 Å². The molecule has 0 radical (unpaired) electrons. The van der Waals surface area contributed by atoms with Crippen LogP contribution in [-0.2, 0) is 0 Å². The molecule has 0 saturated heterocycles. The Bertz CT molecular complexity index is 337. The highest BCUT2D eigenvalue weighted by atomic mass is 28.4. The number of hydrogen-bond donors (Lipinski definition) is 0. The second-order valence-electron chi connectivity index (χ2n) is 5.41. The Morgan fingerprint density at radius 3 is 2.20 bits per heavy atom. The third-order valence-corrected chi connectivity index (χ3v) is 3.04. The number of rotatable bonds is 3. The van der Waals surface area contributed by atoms with Crippen LogP contribution in [-0.4, -0.2) is 8.32 Å². The number of benzene rings is 1. The van der Waals surface area contributed by atoms with E-state index in [1.54, 1.807) is 0 Å². The van der Waals surface area contributed by atoms with E-state index in [1.165, 1.54) is 11.1 Å². The zero-order valence-electron chi connectivity index (χ0n) is 10.7. The highest BCUT2D eigenvalue weighted by Gasteiger charge is 2.19. The van der Waals surface area contributed by atoms with Gasteiger partial charge in [-0.3, -0.25) is 0 Å². The summed E-state index contributed by atoms with van der Waals surface area (Å²) in [5.74, 6) is 1.61. The summed E-state index contributed by atoms with van der Waals surface area (Å²) < 4.78 is 6.11. The summed E-state index contributed by atoms with van der Waals surface area (Å²) >= 11 is 0. The molecule has 1 rings (SSSR count). The first-order valence-corrected chi connectivity index (χ1v) is 9.00. The van der Waals surface area contributed by atoms with Crippen LogP contribution in [0.3, 0.4) is 0 Å². The van der Waals surface area contributed by atoms with Crippen molar-refractivity contribution in [3.63, 3.8) is 0 Å². The molecule has 2 heteroatoms. The van der Waals surface area contributed by atoms with Gasteiger partial charge in [-0.15, -0.1) is 0 Å². The molecule has 0 aliphatic heterocycles. The van der Waals surface area contributed by atoms with Gasteiger partial charge in [0.15, 0.2) is 0 Å². The Labute approximate surface area is 94.6 Å². The van der Waals surface area contributed by atoms with E-state index in [2.05, 4.69) is 58.6 Å². The summed E-state index contributed by atoms with van der Waals surface area (Å²) in [6.07, 6.45) is 0. The van der Waals surface area contributed by atoms with Crippen molar-refractivity contribution in [2.45, 2.75) is 46.3 Å². The quantitative estimate of drug-likeness (QED) is 0.692. The molecule has 1 nitrogen and oxygen atoms in total. The minimum atomic E-state index is -1.50. The molecule has 0 saturated carbocycles. The fraction of sp³-hybridized carbons (Fsp3) is 0.538. The van der Waals surface area contributed by atoms with Crippen LogP contribution in [0.25, 0.3) is 0 Å². The lowest BCUT2D eigenvalue weighted by Gasteiger charge is -2.23. The van der Waals surface area contributed by atoms with Crippen molar-refractivity contribution in [2.24, 2.45) is 0 Å². The summed E-state index contributed by atoms with van der Waals surface area (Å²) in [6.45, 7) is 13.2. The van der Waals surface area contributed by atoms with E-state index in [1.807, 2.05) is 0 Å². The molecule has 0 bridgehead atoms. The van der Waals surface area contributed by atoms with Gasteiger partial charge in [0.25, 0.3) is 0 Å². The fourth-order valence-corrected chi connectivity index (χ4v) is 2.37. The largest absolute Gasteiger partial charge is 0.544 e. The fourth-order valence-electron chi connectivity index (χ4n) is 1.54. The highest BCUT2D eigenvalue weighted by molar-refractivity contribution is 6.70. The van der Waals surface area contributed by atoms with E-state index in [-0.39, 0.29) is 0 Å². The van der Waals surface area contributed by atoms with Gasteiger partial charge in [-0.25, -0.2) is 0 Å². The summed E-state index contributed by atoms with van der Waals surface area (Å²) in [5.41, 5.74) is 2.59. The van der Waals surface area contributed by atoms with Gasteiger partial charge in [-0.2, -0.15) is 0 Å². The molecule has 0 unspecified atom stereocenters. The maximum atomic E-state index is 6.11. The van der Waals surface area contributed by atoms with Crippen LogP contribution in [0.1, 0.15) is 30.9 Å². The predicted octanol–water partition coefficient (Wildman–Crippen LogP) is 4.33. The van der Waals surface area contributed by atoms with E-state index in [9.17, 15) is 0 Å².